The summed E-state index contributed by atoms with van der Waals surface area (Å²) in [6, 6.07) is 12.7. The minimum atomic E-state index is -3.58. The van der Waals surface area contributed by atoms with Gasteiger partial charge in [0.2, 0.25) is 15.9 Å². The van der Waals surface area contributed by atoms with Gasteiger partial charge in [0.05, 0.1) is 4.90 Å². The Morgan fingerprint density at radius 1 is 1.11 bits per heavy atom. The number of carbonyl (C=O) groups is 2. The minimum absolute atomic E-state index is 0.0596. The number of rotatable bonds is 6. The molecule has 0 aliphatic carbocycles. The fourth-order valence-electron chi connectivity index (χ4n) is 3.04. The van der Waals surface area contributed by atoms with Gasteiger partial charge >= 0.3 is 0 Å². The summed E-state index contributed by atoms with van der Waals surface area (Å²) in [5.41, 5.74) is 1.61. The average Bonchev–Trinajstić information content (AvgIpc) is 3.07. The lowest BCUT2D eigenvalue weighted by Gasteiger charge is -2.16. The maximum absolute atomic E-state index is 12.5. The Kier molecular flexibility index (Phi) is 5.81. The molecule has 0 atom stereocenters. The van der Waals surface area contributed by atoms with Crippen LogP contribution >= 0.6 is 0 Å². The van der Waals surface area contributed by atoms with Crippen molar-refractivity contribution in [3.8, 4) is 0 Å². The van der Waals surface area contributed by atoms with Gasteiger partial charge in [-0.25, -0.2) is 13.1 Å². The van der Waals surface area contributed by atoms with Gasteiger partial charge in [-0.15, -0.1) is 0 Å². The molecule has 1 aliphatic rings. The van der Waals surface area contributed by atoms with E-state index >= 15 is 0 Å². The van der Waals surface area contributed by atoms with E-state index in [4.69, 9.17) is 0 Å². The molecule has 1 aliphatic heterocycles. The third kappa shape index (κ3) is 4.58. The molecule has 3 rings (SSSR count). The molecule has 2 aromatic carbocycles. The molecule has 2 N–H and O–H groups in total. The summed E-state index contributed by atoms with van der Waals surface area (Å²) in [6.07, 6.45) is 1.34. The van der Waals surface area contributed by atoms with Crippen molar-refractivity contribution in [2.24, 2.45) is 0 Å². The van der Waals surface area contributed by atoms with Crippen LogP contribution in [0.4, 0.5) is 11.4 Å². The van der Waals surface area contributed by atoms with Crippen molar-refractivity contribution in [1.82, 2.24) is 4.72 Å². The van der Waals surface area contributed by atoms with Crippen molar-refractivity contribution in [2.75, 3.05) is 16.8 Å². The molecular formula is C20H23N3O4S. The van der Waals surface area contributed by atoms with E-state index in [9.17, 15) is 18.0 Å². The summed E-state index contributed by atoms with van der Waals surface area (Å²) in [5, 5.41) is 2.75. The highest BCUT2D eigenvalue weighted by molar-refractivity contribution is 7.89. The molecule has 0 spiro atoms. The normalized spacial score (nSPS) is 14.5. The van der Waals surface area contributed by atoms with Crippen LogP contribution in [0.1, 0.15) is 37.0 Å². The number of sulfonamides is 1. The standard InChI is InChI=1S/C20H23N3O4S/c1-14(2)22-28(26,27)18-10-8-16(9-11-18)21-20(25)15-5-3-6-17(13-15)23-12-4-7-19(23)24/h3,5-6,8-11,13-14,22H,4,7,12H2,1-2H3,(H,21,25). The largest absolute Gasteiger partial charge is 0.322 e. The zero-order valence-electron chi connectivity index (χ0n) is 15.8. The van der Waals surface area contributed by atoms with Gasteiger partial charge in [0.1, 0.15) is 0 Å². The highest BCUT2D eigenvalue weighted by atomic mass is 32.2. The number of hydrogen-bond acceptors (Lipinski definition) is 4. The Bertz CT molecular complexity index is 985. The van der Waals surface area contributed by atoms with Crippen molar-refractivity contribution in [1.29, 1.82) is 0 Å². The van der Waals surface area contributed by atoms with Crippen LogP contribution < -0.4 is 14.9 Å². The Morgan fingerprint density at radius 3 is 2.43 bits per heavy atom. The lowest BCUT2D eigenvalue weighted by atomic mass is 10.1. The quantitative estimate of drug-likeness (QED) is 0.778. The van der Waals surface area contributed by atoms with Crippen molar-refractivity contribution < 1.29 is 18.0 Å². The van der Waals surface area contributed by atoms with Gasteiger partial charge in [0, 0.05) is 35.9 Å². The number of nitrogens with zero attached hydrogens (tertiary/aromatic N) is 1. The average molecular weight is 401 g/mol. The third-order valence-corrected chi connectivity index (χ3v) is 5.98. The Morgan fingerprint density at radius 2 is 1.82 bits per heavy atom. The lowest BCUT2D eigenvalue weighted by Crippen LogP contribution is -2.30. The van der Waals surface area contributed by atoms with Crippen LogP contribution in [0.2, 0.25) is 0 Å². The Balaban J connectivity index is 1.72. The summed E-state index contributed by atoms with van der Waals surface area (Å²) in [4.78, 5) is 26.3. The van der Waals surface area contributed by atoms with E-state index in [0.29, 0.717) is 29.9 Å². The monoisotopic (exact) mass is 401 g/mol. The molecule has 8 heteroatoms. The number of benzene rings is 2. The Labute approximate surface area is 164 Å². The highest BCUT2D eigenvalue weighted by Crippen LogP contribution is 2.23. The van der Waals surface area contributed by atoms with Gasteiger partial charge in [-0.3, -0.25) is 9.59 Å². The molecule has 1 fully saturated rings. The molecular weight excluding hydrogens is 378 g/mol. The van der Waals surface area contributed by atoms with Gasteiger partial charge in [-0.05, 0) is 62.7 Å². The zero-order valence-corrected chi connectivity index (χ0v) is 16.6. The van der Waals surface area contributed by atoms with Crippen molar-refractivity contribution in [3.63, 3.8) is 0 Å². The summed E-state index contributed by atoms with van der Waals surface area (Å²) < 4.78 is 26.8. The van der Waals surface area contributed by atoms with Gasteiger partial charge < -0.3 is 10.2 Å². The fraction of sp³-hybridized carbons (Fsp3) is 0.300. The van der Waals surface area contributed by atoms with Crippen LogP contribution in [0.15, 0.2) is 53.4 Å². The second-order valence-electron chi connectivity index (χ2n) is 6.95. The molecule has 0 radical (unpaired) electrons. The fourth-order valence-corrected chi connectivity index (χ4v) is 4.29. The first kappa shape index (κ1) is 20.0. The van der Waals surface area contributed by atoms with Crippen LogP contribution in [0.5, 0.6) is 0 Å². The molecule has 7 nitrogen and oxygen atoms in total. The van der Waals surface area contributed by atoms with Crippen molar-refractivity contribution >= 4 is 33.2 Å². The summed E-state index contributed by atoms with van der Waals surface area (Å²) in [6.45, 7) is 4.15. The molecule has 0 bridgehead atoms. The summed E-state index contributed by atoms with van der Waals surface area (Å²) in [7, 11) is -3.58. The smallest absolute Gasteiger partial charge is 0.255 e. The Hall–Kier alpha value is -2.71. The molecule has 0 unspecified atom stereocenters. The predicted molar refractivity (Wildman–Crippen MR) is 108 cm³/mol. The zero-order chi connectivity index (χ0) is 20.3. The van der Waals surface area contributed by atoms with E-state index < -0.39 is 10.0 Å². The second kappa shape index (κ2) is 8.12. The maximum Gasteiger partial charge on any atom is 0.255 e. The van der Waals surface area contributed by atoms with Crippen LogP contribution in [0.25, 0.3) is 0 Å². The second-order valence-corrected chi connectivity index (χ2v) is 8.67. The molecule has 0 aromatic heterocycles. The van der Waals surface area contributed by atoms with E-state index in [1.54, 1.807) is 55.1 Å². The SMILES string of the molecule is CC(C)NS(=O)(=O)c1ccc(NC(=O)c2cccc(N3CCCC3=O)c2)cc1. The van der Waals surface area contributed by atoms with Crippen LogP contribution in [0, 0.1) is 0 Å². The topological polar surface area (TPSA) is 95.6 Å². The van der Waals surface area contributed by atoms with Gasteiger partial charge in [0.25, 0.3) is 5.91 Å². The van der Waals surface area contributed by atoms with Gasteiger partial charge in [0.15, 0.2) is 0 Å². The van der Waals surface area contributed by atoms with E-state index in [1.807, 2.05) is 0 Å². The molecule has 148 valence electrons. The summed E-state index contributed by atoms with van der Waals surface area (Å²) >= 11 is 0. The third-order valence-electron chi connectivity index (χ3n) is 4.31. The van der Waals surface area contributed by atoms with E-state index in [-0.39, 0.29) is 22.8 Å². The van der Waals surface area contributed by atoms with E-state index in [1.165, 1.54) is 12.1 Å². The number of anilines is 2. The maximum atomic E-state index is 12.5. The lowest BCUT2D eigenvalue weighted by molar-refractivity contribution is -0.117. The van der Waals surface area contributed by atoms with Crippen molar-refractivity contribution in [2.45, 2.75) is 37.6 Å². The predicted octanol–water partition coefficient (Wildman–Crippen LogP) is 2.75. The molecule has 28 heavy (non-hydrogen) atoms. The van der Waals surface area contributed by atoms with E-state index in [0.717, 1.165) is 6.42 Å². The van der Waals surface area contributed by atoms with E-state index in [2.05, 4.69) is 10.0 Å². The van der Waals surface area contributed by atoms with Gasteiger partial charge in [-0.1, -0.05) is 6.07 Å². The number of hydrogen-bond donors (Lipinski definition) is 2. The van der Waals surface area contributed by atoms with Crippen molar-refractivity contribution in [3.05, 3.63) is 54.1 Å². The van der Waals surface area contributed by atoms with Crippen LogP contribution in [-0.2, 0) is 14.8 Å². The number of carbonyl (C=O) groups excluding carboxylic acids is 2. The first-order chi connectivity index (χ1) is 13.3. The molecule has 2 aromatic rings. The first-order valence-electron chi connectivity index (χ1n) is 9.10. The van der Waals surface area contributed by atoms with Gasteiger partial charge in [-0.2, -0.15) is 0 Å². The highest BCUT2D eigenvalue weighted by Gasteiger charge is 2.22. The summed E-state index contributed by atoms with van der Waals surface area (Å²) in [5.74, 6) is -0.270. The van der Waals surface area contributed by atoms with Crippen LogP contribution in [-0.4, -0.2) is 32.8 Å². The number of nitrogens with one attached hydrogen (secondary N) is 2. The molecule has 2 amide bonds. The van der Waals surface area contributed by atoms with Crippen LogP contribution in [0.3, 0.4) is 0 Å². The molecule has 0 saturated carbocycles. The number of amides is 2. The molecule has 1 heterocycles. The minimum Gasteiger partial charge on any atom is -0.322 e. The molecule has 1 saturated heterocycles. The first-order valence-corrected chi connectivity index (χ1v) is 10.6.